The molecule has 0 aromatic rings. The molecule has 0 aromatic heterocycles. The Kier molecular flexibility index (Phi) is 4.70. The molecule has 1 rings (SSSR count). The summed E-state index contributed by atoms with van der Waals surface area (Å²) in [4.78, 5) is 37.6. The van der Waals surface area contributed by atoms with Gasteiger partial charge in [0.1, 0.15) is 6.54 Å². The number of halogens is 3. The van der Waals surface area contributed by atoms with Gasteiger partial charge in [0, 0.05) is 13.0 Å². The fraction of sp³-hybridized carbons (Fsp3) is 0.667. The van der Waals surface area contributed by atoms with Crippen molar-refractivity contribution in [2.24, 2.45) is 5.92 Å². The van der Waals surface area contributed by atoms with Gasteiger partial charge in [-0.3, -0.25) is 14.4 Å². The number of alkyl halides is 3. The van der Waals surface area contributed by atoms with Gasteiger partial charge in [-0.2, -0.15) is 13.2 Å². The highest BCUT2D eigenvalue weighted by Crippen LogP contribution is 2.23. The number of nitrogens with zero attached hydrogens (tertiary/aromatic N) is 1. The lowest BCUT2D eigenvalue weighted by Gasteiger charge is -2.18. The Labute approximate surface area is 105 Å². The third-order valence-corrected chi connectivity index (χ3v) is 2.32. The lowest BCUT2D eigenvalue weighted by molar-refractivity contribution is -0.157. The standard InChI is InChI=1S/C9H11F3N2O5/c10-9(11,12)4-14-2-5(1-6(14)15)8(18)13-19-3-7(16)17/h5H,1-4H2,(H,13,18)(H,16,17). The summed E-state index contributed by atoms with van der Waals surface area (Å²) in [5.41, 5.74) is 1.78. The predicted octanol–water partition coefficient (Wildman–Crippen LogP) is -0.470. The van der Waals surface area contributed by atoms with Crippen LogP contribution in [-0.4, -0.2) is 53.7 Å². The molecule has 0 saturated carbocycles. The van der Waals surface area contributed by atoms with Crippen molar-refractivity contribution in [1.82, 2.24) is 10.4 Å². The largest absolute Gasteiger partial charge is 0.479 e. The fourth-order valence-corrected chi connectivity index (χ4v) is 1.57. The van der Waals surface area contributed by atoms with Crippen molar-refractivity contribution < 1.29 is 37.5 Å². The van der Waals surface area contributed by atoms with Gasteiger partial charge >= 0.3 is 12.1 Å². The molecule has 1 atom stereocenters. The number of carbonyl (C=O) groups excluding carboxylic acids is 2. The smallest absolute Gasteiger partial charge is 0.406 e. The Morgan fingerprint density at radius 1 is 1.47 bits per heavy atom. The summed E-state index contributed by atoms with van der Waals surface area (Å²) in [7, 11) is 0. The van der Waals surface area contributed by atoms with E-state index in [4.69, 9.17) is 5.11 Å². The Balaban J connectivity index is 2.43. The highest BCUT2D eigenvalue weighted by molar-refractivity contribution is 5.88. The second kappa shape index (κ2) is 5.87. The number of carbonyl (C=O) groups is 3. The monoisotopic (exact) mass is 284 g/mol. The Hall–Kier alpha value is -1.84. The van der Waals surface area contributed by atoms with E-state index in [-0.39, 0.29) is 13.0 Å². The first-order valence-electron chi connectivity index (χ1n) is 5.17. The van der Waals surface area contributed by atoms with Crippen LogP contribution in [-0.2, 0) is 19.2 Å². The molecule has 108 valence electrons. The SMILES string of the molecule is O=C(O)CONC(=O)C1CC(=O)N(CC(F)(F)F)C1. The molecular weight excluding hydrogens is 273 g/mol. The molecule has 1 aliphatic rings. The van der Waals surface area contributed by atoms with E-state index in [1.807, 2.05) is 0 Å². The second-order valence-corrected chi connectivity index (χ2v) is 3.94. The maximum absolute atomic E-state index is 12.1. The lowest BCUT2D eigenvalue weighted by atomic mass is 10.1. The van der Waals surface area contributed by atoms with Crippen molar-refractivity contribution in [3.8, 4) is 0 Å². The lowest BCUT2D eigenvalue weighted by Crippen LogP contribution is -2.37. The minimum Gasteiger partial charge on any atom is -0.479 e. The van der Waals surface area contributed by atoms with E-state index in [0.717, 1.165) is 0 Å². The van der Waals surface area contributed by atoms with Gasteiger partial charge in [-0.15, -0.1) is 0 Å². The van der Waals surface area contributed by atoms with Gasteiger partial charge in [0.05, 0.1) is 5.92 Å². The number of carboxylic acid groups (broad SMARTS) is 1. The molecule has 0 aromatic carbocycles. The van der Waals surface area contributed by atoms with E-state index in [9.17, 15) is 27.6 Å². The summed E-state index contributed by atoms with van der Waals surface area (Å²) in [6, 6.07) is 0. The predicted molar refractivity (Wildman–Crippen MR) is 52.5 cm³/mol. The number of hydrogen-bond donors (Lipinski definition) is 2. The van der Waals surface area contributed by atoms with Gasteiger partial charge in [0.15, 0.2) is 6.61 Å². The zero-order chi connectivity index (χ0) is 14.6. The molecule has 0 aliphatic carbocycles. The number of likely N-dealkylation sites (tertiary alicyclic amines) is 1. The molecule has 1 aliphatic heterocycles. The molecule has 1 saturated heterocycles. The zero-order valence-corrected chi connectivity index (χ0v) is 9.57. The fourth-order valence-electron chi connectivity index (χ4n) is 1.57. The molecule has 7 nitrogen and oxygen atoms in total. The summed E-state index contributed by atoms with van der Waals surface area (Å²) < 4.78 is 36.3. The molecule has 2 amide bonds. The number of aliphatic carboxylic acids is 1. The van der Waals surface area contributed by atoms with E-state index in [1.54, 1.807) is 5.48 Å². The van der Waals surface area contributed by atoms with Crippen LogP contribution in [0, 0.1) is 5.92 Å². The highest BCUT2D eigenvalue weighted by Gasteiger charge is 2.40. The van der Waals surface area contributed by atoms with Crippen LogP contribution in [0.4, 0.5) is 13.2 Å². The normalized spacial score (nSPS) is 19.6. The molecule has 19 heavy (non-hydrogen) atoms. The van der Waals surface area contributed by atoms with Crippen molar-refractivity contribution in [1.29, 1.82) is 0 Å². The quantitative estimate of drug-likeness (QED) is 0.665. The summed E-state index contributed by atoms with van der Waals surface area (Å²) in [6.45, 7) is -2.56. The van der Waals surface area contributed by atoms with Gasteiger partial charge in [-0.05, 0) is 0 Å². The average molecular weight is 284 g/mol. The highest BCUT2D eigenvalue weighted by atomic mass is 19.4. The number of hydroxylamine groups is 1. The first-order chi connectivity index (χ1) is 8.69. The van der Waals surface area contributed by atoms with Crippen LogP contribution < -0.4 is 5.48 Å². The Morgan fingerprint density at radius 3 is 2.63 bits per heavy atom. The van der Waals surface area contributed by atoms with Crippen molar-refractivity contribution in [3.63, 3.8) is 0 Å². The minimum atomic E-state index is -4.53. The molecule has 0 bridgehead atoms. The van der Waals surface area contributed by atoms with Crippen molar-refractivity contribution >= 4 is 17.8 Å². The van der Waals surface area contributed by atoms with Crippen LogP contribution in [0.3, 0.4) is 0 Å². The van der Waals surface area contributed by atoms with Gasteiger partial charge in [-0.1, -0.05) is 0 Å². The van der Waals surface area contributed by atoms with Crippen LogP contribution in [0.15, 0.2) is 0 Å². The van der Waals surface area contributed by atoms with Crippen LogP contribution in [0.2, 0.25) is 0 Å². The number of hydrogen-bond acceptors (Lipinski definition) is 4. The van der Waals surface area contributed by atoms with E-state index in [0.29, 0.717) is 4.90 Å². The molecule has 10 heteroatoms. The second-order valence-electron chi connectivity index (χ2n) is 3.94. The van der Waals surface area contributed by atoms with Gasteiger partial charge in [0.25, 0.3) is 0 Å². The molecule has 2 N–H and O–H groups in total. The molecule has 0 spiro atoms. The van der Waals surface area contributed by atoms with Gasteiger partial charge in [-0.25, -0.2) is 10.3 Å². The number of amides is 2. The summed E-state index contributed by atoms with van der Waals surface area (Å²) >= 11 is 0. The van der Waals surface area contributed by atoms with E-state index in [2.05, 4.69) is 4.84 Å². The summed E-state index contributed by atoms with van der Waals surface area (Å²) in [5.74, 6) is -3.90. The molecule has 0 radical (unpaired) electrons. The minimum absolute atomic E-state index is 0.363. The summed E-state index contributed by atoms with van der Waals surface area (Å²) in [5, 5.41) is 8.24. The number of nitrogens with one attached hydrogen (secondary N) is 1. The van der Waals surface area contributed by atoms with Gasteiger partial charge in [0.2, 0.25) is 11.8 Å². The first kappa shape index (κ1) is 15.2. The maximum Gasteiger partial charge on any atom is 0.406 e. The van der Waals surface area contributed by atoms with E-state index in [1.165, 1.54) is 0 Å². The van der Waals surface area contributed by atoms with Crippen molar-refractivity contribution in [3.05, 3.63) is 0 Å². The van der Waals surface area contributed by atoms with Crippen LogP contribution >= 0.6 is 0 Å². The van der Waals surface area contributed by atoms with E-state index < -0.39 is 43.0 Å². The van der Waals surface area contributed by atoms with Crippen LogP contribution in [0.25, 0.3) is 0 Å². The van der Waals surface area contributed by atoms with Crippen LogP contribution in [0.1, 0.15) is 6.42 Å². The first-order valence-corrected chi connectivity index (χ1v) is 5.17. The zero-order valence-electron chi connectivity index (χ0n) is 9.57. The Morgan fingerprint density at radius 2 is 2.11 bits per heavy atom. The van der Waals surface area contributed by atoms with Crippen LogP contribution in [0.5, 0.6) is 0 Å². The summed E-state index contributed by atoms with van der Waals surface area (Å²) in [6.07, 6.45) is -4.89. The Bertz CT molecular complexity index is 385. The van der Waals surface area contributed by atoms with E-state index >= 15 is 0 Å². The van der Waals surface area contributed by atoms with Crippen molar-refractivity contribution in [2.45, 2.75) is 12.6 Å². The molecule has 1 heterocycles. The number of rotatable bonds is 5. The number of carboxylic acids is 1. The maximum atomic E-state index is 12.1. The van der Waals surface area contributed by atoms with Crippen molar-refractivity contribution in [2.75, 3.05) is 19.7 Å². The molecule has 1 fully saturated rings. The third kappa shape index (κ3) is 5.12. The van der Waals surface area contributed by atoms with Gasteiger partial charge < -0.3 is 10.0 Å². The molecule has 1 unspecified atom stereocenters. The topological polar surface area (TPSA) is 95.9 Å². The molecular formula is C9H11F3N2O5. The third-order valence-electron chi connectivity index (χ3n) is 2.32. The average Bonchev–Trinajstić information content (AvgIpc) is 2.57.